The van der Waals surface area contributed by atoms with Crippen LogP contribution in [0.2, 0.25) is 10.0 Å². The first kappa shape index (κ1) is 19.8. The molecule has 0 aliphatic carbocycles. The number of rotatable bonds is 3. The highest BCUT2D eigenvalue weighted by molar-refractivity contribution is 9.10. The number of amides is 2. The summed E-state index contributed by atoms with van der Waals surface area (Å²) >= 11 is 20.6. The number of methoxy groups -OCH3 is 1. The maximum absolute atomic E-state index is 13.0. The predicted molar refractivity (Wildman–Crippen MR) is 113 cm³/mol. The Morgan fingerprint density at radius 2 is 1.93 bits per heavy atom. The van der Waals surface area contributed by atoms with Crippen molar-refractivity contribution in [2.75, 3.05) is 12.0 Å². The molecule has 0 aromatic heterocycles. The number of nitrogens with zero attached hydrogens (tertiary/aromatic N) is 1. The Labute approximate surface area is 179 Å². The lowest BCUT2D eigenvalue weighted by Crippen LogP contribution is -2.54. The first-order valence-electron chi connectivity index (χ1n) is 7.52. The highest BCUT2D eigenvalue weighted by atomic mass is 79.9. The van der Waals surface area contributed by atoms with Gasteiger partial charge in [-0.05, 0) is 70.1 Å². The van der Waals surface area contributed by atoms with Gasteiger partial charge in [0.25, 0.3) is 11.8 Å². The quantitative estimate of drug-likeness (QED) is 0.392. The van der Waals surface area contributed by atoms with Crippen molar-refractivity contribution in [1.29, 1.82) is 0 Å². The Balaban J connectivity index is 2.03. The average Bonchev–Trinajstić information content (AvgIpc) is 2.60. The van der Waals surface area contributed by atoms with Gasteiger partial charge in [0.2, 0.25) is 0 Å². The van der Waals surface area contributed by atoms with Gasteiger partial charge in [-0.2, -0.15) is 0 Å². The molecule has 5 nitrogen and oxygen atoms in total. The smallest absolute Gasteiger partial charge is 0.270 e. The fourth-order valence-corrected chi connectivity index (χ4v) is 3.80. The predicted octanol–water partition coefficient (Wildman–Crippen LogP) is 4.60. The standard InChI is InChI=1S/C18H11BrCl2N2O3S/c1-26-15-5-2-9(7-12(15)19)6-11-16(24)22-18(27)23(17(11)25)14-4-3-10(20)8-13(14)21/h2-8H,1H3,(H,22,24,27)/b11-6+. The first-order valence-corrected chi connectivity index (χ1v) is 9.47. The minimum absolute atomic E-state index is 0.0534. The summed E-state index contributed by atoms with van der Waals surface area (Å²) < 4.78 is 5.87. The van der Waals surface area contributed by atoms with Crippen molar-refractivity contribution in [2.24, 2.45) is 0 Å². The van der Waals surface area contributed by atoms with Crippen LogP contribution in [-0.4, -0.2) is 24.0 Å². The maximum atomic E-state index is 13.0. The van der Waals surface area contributed by atoms with Crippen LogP contribution in [0, 0.1) is 0 Å². The fourth-order valence-electron chi connectivity index (χ4n) is 2.48. The third-order valence-corrected chi connectivity index (χ3v) is 5.18. The van der Waals surface area contributed by atoms with Crippen LogP contribution in [0.3, 0.4) is 0 Å². The van der Waals surface area contributed by atoms with E-state index in [-0.39, 0.29) is 15.7 Å². The van der Waals surface area contributed by atoms with Gasteiger partial charge >= 0.3 is 0 Å². The molecule has 0 unspecified atom stereocenters. The third-order valence-electron chi connectivity index (χ3n) is 3.74. The van der Waals surface area contributed by atoms with Crippen molar-refractivity contribution in [2.45, 2.75) is 0 Å². The summed E-state index contributed by atoms with van der Waals surface area (Å²) in [6.07, 6.45) is 1.47. The van der Waals surface area contributed by atoms with Crippen molar-refractivity contribution in [3.63, 3.8) is 0 Å². The molecule has 1 aliphatic rings. The normalized spacial score (nSPS) is 15.9. The van der Waals surface area contributed by atoms with Gasteiger partial charge in [0.15, 0.2) is 5.11 Å². The second-order valence-electron chi connectivity index (χ2n) is 5.45. The molecule has 0 radical (unpaired) electrons. The van der Waals surface area contributed by atoms with E-state index in [1.165, 1.54) is 17.0 Å². The summed E-state index contributed by atoms with van der Waals surface area (Å²) in [4.78, 5) is 26.5. The van der Waals surface area contributed by atoms with E-state index in [1.807, 2.05) is 0 Å². The molecule has 0 atom stereocenters. The molecular weight excluding hydrogens is 475 g/mol. The van der Waals surface area contributed by atoms with Crippen LogP contribution < -0.4 is 15.0 Å². The number of halogens is 3. The highest BCUT2D eigenvalue weighted by Crippen LogP contribution is 2.32. The number of nitrogens with one attached hydrogen (secondary N) is 1. The topological polar surface area (TPSA) is 58.6 Å². The fraction of sp³-hybridized carbons (Fsp3) is 0.0556. The van der Waals surface area contributed by atoms with Crippen molar-refractivity contribution in [3.8, 4) is 5.75 Å². The Bertz CT molecular complexity index is 1010. The molecule has 1 saturated heterocycles. The number of ether oxygens (including phenoxy) is 1. The molecule has 0 spiro atoms. The zero-order chi connectivity index (χ0) is 19.7. The number of hydrogen-bond acceptors (Lipinski definition) is 4. The molecule has 2 aromatic rings. The van der Waals surface area contributed by atoms with Gasteiger partial charge in [0.05, 0.1) is 22.3 Å². The van der Waals surface area contributed by atoms with Crippen molar-refractivity contribution in [3.05, 3.63) is 62.1 Å². The van der Waals surface area contributed by atoms with Gasteiger partial charge in [-0.15, -0.1) is 0 Å². The minimum atomic E-state index is -0.585. The SMILES string of the molecule is COc1ccc(/C=C2\C(=O)NC(=S)N(c3ccc(Cl)cc3Cl)C2=O)cc1Br. The van der Waals surface area contributed by atoms with Crippen LogP contribution in [0.5, 0.6) is 5.75 Å². The Morgan fingerprint density at radius 1 is 1.19 bits per heavy atom. The molecular formula is C18H11BrCl2N2O3S. The van der Waals surface area contributed by atoms with Crippen LogP contribution in [-0.2, 0) is 9.59 Å². The molecule has 27 heavy (non-hydrogen) atoms. The van der Waals surface area contributed by atoms with Crippen LogP contribution in [0.15, 0.2) is 46.4 Å². The van der Waals surface area contributed by atoms with E-state index in [0.717, 1.165) is 0 Å². The van der Waals surface area contributed by atoms with E-state index in [2.05, 4.69) is 21.2 Å². The molecule has 3 rings (SSSR count). The molecule has 0 bridgehead atoms. The maximum Gasteiger partial charge on any atom is 0.270 e. The summed E-state index contributed by atoms with van der Waals surface area (Å²) in [5, 5.41) is 3.11. The van der Waals surface area contributed by atoms with E-state index in [1.54, 1.807) is 37.4 Å². The minimum Gasteiger partial charge on any atom is -0.496 e. The molecule has 9 heteroatoms. The van der Waals surface area contributed by atoms with Gasteiger partial charge in [-0.25, -0.2) is 0 Å². The number of anilines is 1. The largest absolute Gasteiger partial charge is 0.496 e. The molecule has 1 aliphatic heterocycles. The lowest BCUT2D eigenvalue weighted by atomic mass is 10.1. The van der Waals surface area contributed by atoms with Crippen LogP contribution in [0.4, 0.5) is 5.69 Å². The molecule has 1 fully saturated rings. The Hall–Kier alpha value is -1.93. The third kappa shape index (κ3) is 4.01. The van der Waals surface area contributed by atoms with Gasteiger partial charge in [-0.1, -0.05) is 29.3 Å². The van der Waals surface area contributed by atoms with E-state index in [4.69, 9.17) is 40.2 Å². The molecule has 2 aromatic carbocycles. The van der Waals surface area contributed by atoms with Crippen LogP contribution in [0.25, 0.3) is 6.08 Å². The van der Waals surface area contributed by atoms with Crippen LogP contribution in [0.1, 0.15) is 5.56 Å². The van der Waals surface area contributed by atoms with E-state index < -0.39 is 11.8 Å². The number of carbonyl (C=O) groups is 2. The Morgan fingerprint density at radius 3 is 2.56 bits per heavy atom. The summed E-state index contributed by atoms with van der Waals surface area (Å²) in [7, 11) is 1.55. The molecule has 2 amide bonds. The highest BCUT2D eigenvalue weighted by Gasteiger charge is 2.35. The summed E-state index contributed by atoms with van der Waals surface area (Å²) in [6.45, 7) is 0. The number of benzene rings is 2. The summed E-state index contributed by atoms with van der Waals surface area (Å²) in [5.41, 5.74) is 0.890. The summed E-state index contributed by atoms with van der Waals surface area (Å²) in [5.74, 6) is -0.537. The van der Waals surface area contributed by atoms with Crippen molar-refractivity contribution in [1.82, 2.24) is 5.32 Å². The second kappa shape index (κ2) is 7.98. The monoisotopic (exact) mass is 484 g/mol. The lowest BCUT2D eigenvalue weighted by Gasteiger charge is -2.29. The zero-order valence-electron chi connectivity index (χ0n) is 13.8. The van der Waals surface area contributed by atoms with Gasteiger partial charge in [0, 0.05) is 5.02 Å². The number of carbonyl (C=O) groups excluding carboxylic acids is 2. The zero-order valence-corrected chi connectivity index (χ0v) is 17.7. The molecule has 138 valence electrons. The Kier molecular flexibility index (Phi) is 5.86. The second-order valence-corrected chi connectivity index (χ2v) is 7.53. The molecule has 1 N–H and O–H groups in total. The van der Waals surface area contributed by atoms with Gasteiger partial charge in [-0.3, -0.25) is 19.8 Å². The summed E-state index contributed by atoms with van der Waals surface area (Å²) in [6, 6.07) is 9.82. The lowest BCUT2D eigenvalue weighted by molar-refractivity contribution is -0.122. The van der Waals surface area contributed by atoms with E-state index in [0.29, 0.717) is 26.5 Å². The van der Waals surface area contributed by atoms with E-state index in [9.17, 15) is 9.59 Å². The average molecular weight is 486 g/mol. The van der Waals surface area contributed by atoms with Crippen molar-refractivity contribution >= 4 is 80.0 Å². The number of thiocarbonyl (C=S) groups is 1. The first-order chi connectivity index (χ1) is 12.8. The molecule has 0 saturated carbocycles. The molecule has 1 heterocycles. The van der Waals surface area contributed by atoms with Gasteiger partial charge in [0.1, 0.15) is 11.3 Å². The van der Waals surface area contributed by atoms with Crippen LogP contribution >= 0.6 is 51.3 Å². The van der Waals surface area contributed by atoms with Gasteiger partial charge < -0.3 is 4.74 Å². The van der Waals surface area contributed by atoms with Crippen molar-refractivity contribution < 1.29 is 14.3 Å². The van der Waals surface area contributed by atoms with E-state index >= 15 is 0 Å². The number of hydrogen-bond donors (Lipinski definition) is 1.